The van der Waals surface area contributed by atoms with Gasteiger partial charge < -0.3 is 10.1 Å². The van der Waals surface area contributed by atoms with E-state index >= 15 is 0 Å². The van der Waals surface area contributed by atoms with Crippen molar-refractivity contribution in [3.05, 3.63) is 15.6 Å². The molecule has 3 rings (SSSR count). The van der Waals surface area contributed by atoms with Crippen LogP contribution in [0.3, 0.4) is 0 Å². The van der Waals surface area contributed by atoms with Gasteiger partial charge in [-0.3, -0.25) is 0 Å². The number of thioether (sulfide) groups is 1. The third kappa shape index (κ3) is 2.38. The minimum Gasteiger partial charge on any atom is -0.370 e. The first kappa shape index (κ1) is 12.0. The van der Waals surface area contributed by atoms with E-state index in [2.05, 4.69) is 19.2 Å². The number of fused-ring (bicyclic) bond motifs is 1. The first-order chi connectivity index (χ1) is 8.24. The predicted molar refractivity (Wildman–Crippen MR) is 72.8 cm³/mol. The Morgan fingerprint density at radius 3 is 3.06 bits per heavy atom. The molecule has 2 aliphatic heterocycles. The molecule has 0 spiro atoms. The quantitative estimate of drug-likeness (QED) is 0.850. The van der Waals surface area contributed by atoms with E-state index in [-0.39, 0.29) is 6.10 Å². The molecule has 0 aromatic carbocycles. The van der Waals surface area contributed by atoms with E-state index in [9.17, 15) is 0 Å². The molecule has 17 heavy (non-hydrogen) atoms. The van der Waals surface area contributed by atoms with Crippen LogP contribution in [0.1, 0.15) is 41.6 Å². The number of ether oxygens (including phenoxy) is 1. The molecule has 3 heterocycles. The van der Waals surface area contributed by atoms with E-state index < -0.39 is 0 Å². The van der Waals surface area contributed by atoms with Crippen molar-refractivity contribution in [1.29, 1.82) is 0 Å². The van der Waals surface area contributed by atoms with Crippen LogP contribution in [-0.4, -0.2) is 29.1 Å². The number of hydrogen-bond acceptors (Lipinski definition) is 5. The lowest BCUT2D eigenvalue weighted by molar-refractivity contribution is -0.00319. The predicted octanol–water partition coefficient (Wildman–Crippen LogP) is 2.54. The number of thiazole rings is 1. The standard InChI is InChI=1S/C12H18N2OS2/c1-7-5-9-11(8(2)15-7)17-12(14-9)10-6-16-4-3-13-10/h7-8,10,13H,3-6H2,1-2H3. The Hall–Kier alpha value is -0.100. The molecule has 1 aromatic rings. The molecule has 3 atom stereocenters. The van der Waals surface area contributed by atoms with Gasteiger partial charge in [0, 0.05) is 24.5 Å². The lowest BCUT2D eigenvalue weighted by Crippen LogP contribution is -2.30. The topological polar surface area (TPSA) is 34.2 Å². The fraction of sp³-hybridized carbons (Fsp3) is 0.750. The molecule has 0 amide bonds. The summed E-state index contributed by atoms with van der Waals surface area (Å²) in [6.45, 7) is 5.37. The summed E-state index contributed by atoms with van der Waals surface area (Å²) >= 11 is 3.86. The van der Waals surface area contributed by atoms with Crippen LogP contribution in [0.25, 0.3) is 0 Å². The van der Waals surface area contributed by atoms with Crippen LogP contribution in [-0.2, 0) is 11.2 Å². The summed E-state index contributed by atoms with van der Waals surface area (Å²) in [5.41, 5.74) is 1.27. The SMILES string of the molecule is CC1Cc2nc(C3CSCCN3)sc2C(C)O1. The zero-order valence-corrected chi connectivity index (χ0v) is 11.9. The second kappa shape index (κ2) is 4.88. The summed E-state index contributed by atoms with van der Waals surface area (Å²) in [6, 6.07) is 0.451. The van der Waals surface area contributed by atoms with E-state index in [1.165, 1.54) is 21.3 Å². The van der Waals surface area contributed by atoms with Gasteiger partial charge in [0.25, 0.3) is 0 Å². The van der Waals surface area contributed by atoms with Gasteiger partial charge >= 0.3 is 0 Å². The first-order valence-corrected chi connectivity index (χ1v) is 8.17. The summed E-state index contributed by atoms with van der Waals surface area (Å²) in [5, 5.41) is 4.81. The highest BCUT2D eigenvalue weighted by atomic mass is 32.2. The third-order valence-corrected chi connectivity index (χ3v) is 5.68. The Bertz CT molecular complexity index is 401. The van der Waals surface area contributed by atoms with E-state index in [0.717, 1.165) is 18.7 Å². The van der Waals surface area contributed by atoms with Gasteiger partial charge in [-0.1, -0.05) is 0 Å². The molecule has 5 heteroatoms. The molecule has 0 radical (unpaired) electrons. The van der Waals surface area contributed by atoms with Gasteiger partial charge in [0.2, 0.25) is 0 Å². The van der Waals surface area contributed by atoms with Crippen molar-refractivity contribution in [2.75, 3.05) is 18.1 Å². The van der Waals surface area contributed by atoms with Gasteiger partial charge in [0.1, 0.15) is 5.01 Å². The Kier molecular flexibility index (Phi) is 3.43. The van der Waals surface area contributed by atoms with Gasteiger partial charge in [-0.25, -0.2) is 4.98 Å². The van der Waals surface area contributed by atoms with Gasteiger partial charge in [0.05, 0.1) is 28.8 Å². The maximum Gasteiger partial charge on any atom is 0.111 e. The molecule has 0 bridgehead atoms. The number of rotatable bonds is 1. The second-order valence-corrected chi connectivity index (χ2v) is 6.95. The fourth-order valence-corrected chi connectivity index (χ4v) is 4.65. The first-order valence-electron chi connectivity index (χ1n) is 6.20. The number of nitrogens with one attached hydrogen (secondary N) is 1. The summed E-state index contributed by atoms with van der Waals surface area (Å²) in [4.78, 5) is 6.18. The lowest BCUT2D eigenvalue weighted by atomic mass is 10.1. The monoisotopic (exact) mass is 270 g/mol. The Balaban J connectivity index is 1.85. The van der Waals surface area contributed by atoms with Crippen molar-refractivity contribution in [3.63, 3.8) is 0 Å². The molecule has 1 saturated heterocycles. The van der Waals surface area contributed by atoms with E-state index in [1.807, 2.05) is 23.1 Å². The van der Waals surface area contributed by atoms with Crippen molar-refractivity contribution >= 4 is 23.1 Å². The van der Waals surface area contributed by atoms with Crippen LogP contribution < -0.4 is 5.32 Å². The molecule has 0 aliphatic carbocycles. The molecular formula is C12H18N2OS2. The maximum absolute atomic E-state index is 5.86. The van der Waals surface area contributed by atoms with Crippen molar-refractivity contribution in [2.45, 2.75) is 38.5 Å². The molecule has 1 N–H and O–H groups in total. The average molecular weight is 270 g/mol. The Morgan fingerprint density at radius 2 is 2.29 bits per heavy atom. The van der Waals surface area contributed by atoms with Crippen LogP contribution >= 0.6 is 23.1 Å². The van der Waals surface area contributed by atoms with Crippen LogP contribution in [0, 0.1) is 0 Å². The molecule has 2 aliphatic rings. The van der Waals surface area contributed by atoms with E-state index in [0.29, 0.717) is 12.1 Å². The van der Waals surface area contributed by atoms with Gasteiger partial charge in [0.15, 0.2) is 0 Å². The molecule has 1 fully saturated rings. The van der Waals surface area contributed by atoms with Crippen molar-refractivity contribution in [3.8, 4) is 0 Å². The second-order valence-electron chi connectivity index (χ2n) is 4.74. The normalized spacial score (nSPS) is 33.4. The molecule has 1 aromatic heterocycles. The molecule has 3 nitrogen and oxygen atoms in total. The van der Waals surface area contributed by atoms with Crippen LogP contribution in [0.2, 0.25) is 0 Å². The highest BCUT2D eigenvalue weighted by Crippen LogP contribution is 2.37. The van der Waals surface area contributed by atoms with E-state index in [4.69, 9.17) is 9.72 Å². The van der Waals surface area contributed by atoms with Crippen molar-refractivity contribution in [2.24, 2.45) is 0 Å². The Morgan fingerprint density at radius 1 is 1.41 bits per heavy atom. The summed E-state index contributed by atoms with van der Waals surface area (Å²) < 4.78 is 5.86. The summed E-state index contributed by atoms with van der Waals surface area (Å²) in [7, 11) is 0. The fourth-order valence-electron chi connectivity index (χ4n) is 2.45. The molecule has 94 valence electrons. The largest absolute Gasteiger partial charge is 0.370 e. The highest BCUT2D eigenvalue weighted by Gasteiger charge is 2.28. The molecule has 3 unspecified atom stereocenters. The van der Waals surface area contributed by atoms with Gasteiger partial charge in [-0.05, 0) is 13.8 Å². The van der Waals surface area contributed by atoms with Gasteiger partial charge in [-0.15, -0.1) is 11.3 Å². The lowest BCUT2D eigenvalue weighted by Gasteiger charge is -2.23. The van der Waals surface area contributed by atoms with Gasteiger partial charge in [-0.2, -0.15) is 11.8 Å². The summed E-state index contributed by atoms with van der Waals surface area (Å²) in [5.74, 6) is 2.37. The zero-order valence-electron chi connectivity index (χ0n) is 10.2. The number of nitrogens with zero attached hydrogens (tertiary/aromatic N) is 1. The maximum atomic E-state index is 5.86. The minimum atomic E-state index is 0.219. The molecular weight excluding hydrogens is 252 g/mol. The van der Waals surface area contributed by atoms with Crippen LogP contribution in [0.15, 0.2) is 0 Å². The van der Waals surface area contributed by atoms with Crippen molar-refractivity contribution < 1.29 is 4.74 Å². The van der Waals surface area contributed by atoms with E-state index in [1.54, 1.807) is 0 Å². The highest BCUT2D eigenvalue weighted by molar-refractivity contribution is 7.99. The van der Waals surface area contributed by atoms with Crippen LogP contribution in [0.5, 0.6) is 0 Å². The smallest absolute Gasteiger partial charge is 0.111 e. The minimum absolute atomic E-state index is 0.219. The number of hydrogen-bond donors (Lipinski definition) is 1. The Labute approximate surface area is 110 Å². The van der Waals surface area contributed by atoms with Crippen LogP contribution in [0.4, 0.5) is 0 Å². The molecule has 0 saturated carbocycles. The average Bonchev–Trinajstić information content (AvgIpc) is 2.74. The number of aromatic nitrogens is 1. The third-order valence-electron chi connectivity index (χ3n) is 3.25. The zero-order chi connectivity index (χ0) is 11.8. The van der Waals surface area contributed by atoms with Crippen molar-refractivity contribution in [1.82, 2.24) is 10.3 Å². The summed E-state index contributed by atoms with van der Waals surface area (Å²) in [6.07, 6.45) is 1.49.